The number of hydrogen-bond donors (Lipinski definition) is 0. The van der Waals surface area contributed by atoms with Gasteiger partial charge in [0, 0.05) is 24.8 Å². The fourth-order valence-corrected chi connectivity index (χ4v) is 4.76. The fourth-order valence-electron chi connectivity index (χ4n) is 4.76. The van der Waals surface area contributed by atoms with Gasteiger partial charge < -0.3 is 9.47 Å². The van der Waals surface area contributed by atoms with Crippen LogP contribution in [0.3, 0.4) is 0 Å². The second-order valence-corrected chi connectivity index (χ2v) is 9.25. The molecule has 0 amide bonds. The lowest BCUT2D eigenvalue weighted by molar-refractivity contribution is -0.189. The van der Waals surface area contributed by atoms with E-state index in [2.05, 4.69) is 4.74 Å². The van der Waals surface area contributed by atoms with Gasteiger partial charge in [-0.2, -0.15) is 8.78 Å². The Hall–Kier alpha value is -3.14. The van der Waals surface area contributed by atoms with Crippen molar-refractivity contribution in [3.05, 3.63) is 88.5 Å². The highest BCUT2D eigenvalue weighted by Crippen LogP contribution is 2.41. The highest BCUT2D eigenvalue weighted by atomic mass is 19.3. The summed E-state index contributed by atoms with van der Waals surface area (Å²) in [6.45, 7) is 3.09. The summed E-state index contributed by atoms with van der Waals surface area (Å²) < 4.78 is 124. The molecule has 0 unspecified atom stereocenters. The third-order valence-corrected chi connectivity index (χ3v) is 6.71. The van der Waals surface area contributed by atoms with E-state index >= 15 is 0 Å². The van der Waals surface area contributed by atoms with E-state index in [0.717, 1.165) is 37.1 Å². The standard InChI is InChI=1S/C28H24F8O2/c1-2-37-14-15-3-5-16(6-4-15)17-9-22(30)26(23(31)10-17)28(35,36)38-19-7-8-20(21(29)13-19)18-11-24(32)27(34)25(33)12-18/h7-13,15-16H,2-6,14H2,1H3. The molecule has 1 aliphatic carbocycles. The number of halogens is 8. The van der Waals surface area contributed by atoms with Crippen LogP contribution in [0.15, 0.2) is 42.5 Å². The average Bonchev–Trinajstić information content (AvgIpc) is 2.85. The van der Waals surface area contributed by atoms with Gasteiger partial charge in [0.25, 0.3) is 0 Å². The number of alkyl halides is 2. The summed E-state index contributed by atoms with van der Waals surface area (Å²) in [4.78, 5) is 0. The van der Waals surface area contributed by atoms with Gasteiger partial charge in [0.15, 0.2) is 17.5 Å². The zero-order chi connectivity index (χ0) is 27.6. The predicted molar refractivity (Wildman–Crippen MR) is 124 cm³/mol. The van der Waals surface area contributed by atoms with E-state index < -0.39 is 63.5 Å². The van der Waals surface area contributed by atoms with E-state index in [4.69, 9.17) is 4.74 Å². The zero-order valence-electron chi connectivity index (χ0n) is 20.3. The second kappa shape index (κ2) is 11.3. The zero-order valence-corrected chi connectivity index (χ0v) is 20.3. The number of hydrogen-bond acceptors (Lipinski definition) is 2. The average molecular weight is 544 g/mol. The molecule has 1 fully saturated rings. The van der Waals surface area contributed by atoms with Crippen molar-refractivity contribution in [2.45, 2.75) is 44.6 Å². The minimum absolute atomic E-state index is 0.191. The summed E-state index contributed by atoms with van der Waals surface area (Å²) >= 11 is 0. The molecule has 0 aromatic heterocycles. The van der Waals surface area contributed by atoms with Crippen LogP contribution >= 0.6 is 0 Å². The molecule has 204 valence electrons. The van der Waals surface area contributed by atoms with Crippen molar-refractivity contribution in [3.63, 3.8) is 0 Å². The lowest BCUT2D eigenvalue weighted by Crippen LogP contribution is -2.26. The molecule has 0 bridgehead atoms. The van der Waals surface area contributed by atoms with E-state index in [1.165, 1.54) is 0 Å². The smallest absolute Gasteiger partial charge is 0.429 e. The van der Waals surface area contributed by atoms with E-state index in [-0.39, 0.29) is 11.5 Å². The van der Waals surface area contributed by atoms with Gasteiger partial charge in [-0.25, -0.2) is 26.3 Å². The lowest BCUT2D eigenvalue weighted by atomic mass is 9.79. The molecule has 0 radical (unpaired) electrons. The van der Waals surface area contributed by atoms with Crippen LogP contribution in [0.1, 0.15) is 49.7 Å². The first kappa shape index (κ1) is 27.9. The molecule has 1 aliphatic rings. The van der Waals surface area contributed by atoms with Crippen molar-refractivity contribution in [3.8, 4) is 16.9 Å². The Labute approximate surface area is 214 Å². The van der Waals surface area contributed by atoms with Crippen LogP contribution in [0, 0.1) is 40.8 Å². The van der Waals surface area contributed by atoms with Gasteiger partial charge in [0.05, 0.1) is 0 Å². The van der Waals surface area contributed by atoms with Gasteiger partial charge in [0.1, 0.15) is 28.8 Å². The SMILES string of the molecule is CCOCC1CCC(c2cc(F)c(C(F)(F)Oc3ccc(-c4cc(F)c(F)c(F)c4)c(F)c3)c(F)c2)CC1. The van der Waals surface area contributed by atoms with E-state index in [1.807, 2.05) is 6.92 Å². The molecule has 3 aromatic carbocycles. The third kappa shape index (κ3) is 5.95. The normalized spacial score (nSPS) is 18.0. The van der Waals surface area contributed by atoms with Crippen LogP contribution in [0.5, 0.6) is 5.75 Å². The molecular weight excluding hydrogens is 520 g/mol. The van der Waals surface area contributed by atoms with Crippen molar-refractivity contribution in [1.82, 2.24) is 0 Å². The molecular formula is C28H24F8O2. The Morgan fingerprint density at radius 2 is 1.37 bits per heavy atom. The third-order valence-electron chi connectivity index (χ3n) is 6.71. The monoisotopic (exact) mass is 544 g/mol. The largest absolute Gasteiger partial charge is 0.432 e. The van der Waals surface area contributed by atoms with Crippen molar-refractivity contribution >= 4 is 0 Å². The number of rotatable bonds is 8. The van der Waals surface area contributed by atoms with Gasteiger partial charge in [-0.1, -0.05) is 0 Å². The van der Waals surface area contributed by atoms with Crippen molar-refractivity contribution in [1.29, 1.82) is 0 Å². The highest BCUT2D eigenvalue weighted by Gasteiger charge is 2.41. The summed E-state index contributed by atoms with van der Waals surface area (Å²) in [6, 6.07) is 4.96. The fraction of sp³-hybridized carbons (Fsp3) is 0.357. The van der Waals surface area contributed by atoms with Crippen LogP contribution in [0.25, 0.3) is 11.1 Å². The Kier molecular flexibility index (Phi) is 8.30. The lowest BCUT2D eigenvalue weighted by Gasteiger charge is -2.29. The molecule has 0 aliphatic heterocycles. The molecule has 0 spiro atoms. The summed E-state index contributed by atoms with van der Waals surface area (Å²) in [5.41, 5.74) is -2.19. The highest BCUT2D eigenvalue weighted by molar-refractivity contribution is 5.65. The molecule has 3 aromatic rings. The molecule has 4 rings (SSSR count). The summed E-state index contributed by atoms with van der Waals surface area (Å²) in [5.74, 6) is -9.79. The quantitative estimate of drug-likeness (QED) is 0.209. The minimum Gasteiger partial charge on any atom is -0.429 e. The maximum atomic E-state index is 14.8. The molecule has 2 nitrogen and oxygen atoms in total. The maximum absolute atomic E-state index is 14.8. The topological polar surface area (TPSA) is 18.5 Å². The second-order valence-electron chi connectivity index (χ2n) is 9.25. The molecule has 0 heterocycles. The molecule has 0 N–H and O–H groups in total. The predicted octanol–water partition coefficient (Wildman–Crippen LogP) is 8.63. The summed E-state index contributed by atoms with van der Waals surface area (Å²) in [6.07, 6.45) is -1.67. The van der Waals surface area contributed by atoms with Gasteiger partial charge in [-0.05, 0) is 92.0 Å². The first-order chi connectivity index (χ1) is 18.0. The van der Waals surface area contributed by atoms with Crippen LogP contribution < -0.4 is 4.74 Å². The van der Waals surface area contributed by atoms with Crippen LogP contribution in [0.2, 0.25) is 0 Å². The minimum atomic E-state index is -4.51. The van der Waals surface area contributed by atoms with Gasteiger partial charge in [-0.15, -0.1) is 0 Å². The first-order valence-electron chi connectivity index (χ1n) is 12.1. The Balaban J connectivity index is 1.52. The van der Waals surface area contributed by atoms with Crippen LogP contribution in [0.4, 0.5) is 35.1 Å². The van der Waals surface area contributed by atoms with Gasteiger partial charge in [-0.3, -0.25) is 0 Å². The van der Waals surface area contributed by atoms with E-state index in [1.54, 1.807) is 0 Å². The molecule has 0 atom stereocenters. The van der Waals surface area contributed by atoms with Crippen LogP contribution in [-0.4, -0.2) is 13.2 Å². The van der Waals surface area contributed by atoms with E-state index in [0.29, 0.717) is 50.2 Å². The Bertz CT molecular complexity index is 1260. The first-order valence-corrected chi connectivity index (χ1v) is 12.1. The van der Waals surface area contributed by atoms with Crippen molar-refractivity contribution < 1.29 is 44.6 Å². The van der Waals surface area contributed by atoms with Gasteiger partial charge in [0.2, 0.25) is 0 Å². The summed E-state index contributed by atoms with van der Waals surface area (Å²) in [7, 11) is 0. The Morgan fingerprint density at radius 1 is 0.763 bits per heavy atom. The molecule has 38 heavy (non-hydrogen) atoms. The molecule has 1 saturated carbocycles. The molecule has 0 saturated heterocycles. The number of ether oxygens (including phenoxy) is 2. The van der Waals surface area contributed by atoms with Crippen LogP contribution in [-0.2, 0) is 10.8 Å². The van der Waals surface area contributed by atoms with E-state index in [9.17, 15) is 35.1 Å². The number of benzene rings is 3. The maximum Gasteiger partial charge on any atom is 0.432 e. The van der Waals surface area contributed by atoms with Crippen molar-refractivity contribution in [2.75, 3.05) is 13.2 Å². The van der Waals surface area contributed by atoms with Crippen molar-refractivity contribution in [2.24, 2.45) is 5.92 Å². The summed E-state index contributed by atoms with van der Waals surface area (Å²) in [5, 5.41) is 0. The van der Waals surface area contributed by atoms with Gasteiger partial charge >= 0.3 is 6.11 Å². The molecule has 10 heteroatoms. The Morgan fingerprint density at radius 3 is 1.92 bits per heavy atom.